The quantitative estimate of drug-likeness (QED) is 0.274. The molecule has 0 heterocycles. The number of carboxylic acids is 1. The Hall–Kier alpha value is -3.43. The van der Waals surface area contributed by atoms with Crippen molar-refractivity contribution in [2.45, 2.75) is 50.1 Å². The molecule has 35 heavy (non-hydrogen) atoms. The van der Waals surface area contributed by atoms with Gasteiger partial charge in [0.1, 0.15) is 12.6 Å². The second-order valence-electron chi connectivity index (χ2n) is 8.68. The molecule has 3 rings (SSSR count). The number of alkyl carbamates (subject to hydrolysis) is 1. The number of hydrogen-bond donors (Lipinski definition) is 5. The SMILES string of the molecule is NCCC[C@H](N)C(=O)NCCCC[C@H](NC(=O)OCC1c2ccccc2-c2ccccc21)C(=O)O. The molecule has 0 radical (unpaired) electrons. The minimum Gasteiger partial charge on any atom is -0.480 e. The molecule has 2 atom stereocenters. The summed E-state index contributed by atoms with van der Waals surface area (Å²) in [6, 6.07) is 14.3. The van der Waals surface area contributed by atoms with Gasteiger partial charge in [0.05, 0.1) is 6.04 Å². The van der Waals surface area contributed by atoms with Crippen LogP contribution in [0.15, 0.2) is 48.5 Å². The minimum atomic E-state index is -1.13. The van der Waals surface area contributed by atoms with Crippen LogP contribution < -0.4 is 22.1 Å². The zero-order valence-corrected chi connectivity index (χ0v) is 19.7. The van der Waals surface area contributed by atoms with E-state index in [-0.39, 0.29) is 24.9 Å². The summed E-state index contributed by atoms with van der Waals surface area (Å²) in [5.41, 5.74) is 15.6. The molecule has 0 aliphatic heterocycles. The summed E-state index contributed by atoms with van der Waals surface area (Å²) in [5.74, 6) is -1.48. The average molecular weight is 483 g/mol. The number of benzene rings is 2. The standard InChI is InChI=1S/C26H34N4O5/c27-14-7-12-22(28)24(31)29-15-6-5-13-23(25(32)33)30-26(34)35-16-21-19-10-3-1-8-17(19)18-9-2-4-11-20(18)21/h1-4,8-11,21-23H,5-7,12-16,27-28H2,(H,29,31)(H,30,34)(H,32,33)/t22-,23-/m0/s1. The van der Waals surface area contributed by atoms with Gasteiger partial charge in [-0.1, -0.05) is 48.5 Å². The van der Waals surface area contributed by atoms with Crippen LogP contribution in [0.1, 0.15) is 49.1 Å². The van der Waals surface area contributed by atoms with Crippen LogP contribution in [0.3, 0.4) is 0 Å². The lowest BCUT2D eigenvalue weighted by Gasteiger charge is -2.17. The fraction of sp³-hybridized carbons (Fsp3) is 0.423. The predicted octanol–water partition coefficient (Wildman–Crippen LogP) is 2.33. The Morgan fingerprint density at radius 3 is 2.17 bits per heavy atom. The highest BCUT2D eigenvalue weighted by molar-refractivity contribution is 5.82. The third-order valence-corrected chi connectivity index (χ3v) is 6.21. The number of ether oxygens (including phenoxy) is 1. The molecule has 0 unspecified atom stereocenters. The van der Waals surface area contributed by atoms with Gasteiger partial charge < -0.3 is 31.9 Å². The van der Waals surface area contributed by atoms with Gasteiger partial charge >= 0.3 is 12.1 Å². The molecule has 0 saturated carbocycles. The number of nitrogens with two attached hydrogens (primary N) is 2. The molecule has 0 saturated heterocycles. The number of hydrogen-bond acceptors (Lipinski definition) is 6. The van der Waals surface area contributed by atoms with Crippen molar-refractivity contribution >= 4 is 18.0 Å². The van der Waals surface area contributed by atoms with E-state index >= 15 is 0 Å². The van der Waals surface area contributed by atoms with Crippen molar-refractivity contribution in [1.29, 1.82) is 0 Å². The Bertz CT molecular complexity index is 983. The predicted molar refractivity (Wildman–Crippen MR) is 133 cm³/mol. The molecular weight excluding hydrogens is 448 g/mol. The molecule has 2 aromatic rings. The summed E-state index contributed by atoms with van der Waals surface area (Å²) < 4.78 is 5.44. The lowest BCUT2D eigenvalue weighted by Crippen LogP contribution is -2.42. The second-order valence-corrected chi connectivity index (χ2v) is 8.68. The van der Waals surface area contributed by atoms with Gasteiger partial charge in [-0.3, -0.25) is 4.79 Å². The number of unbranched alkanes of at least 4 members (excludes halogenated alkanes) is 1. The molecule has 0 aromatic heterocycles. The number of carboxylic acid groups (broad SMARTS) is 1. The highest BCUT2D eigenvalue weighted by Gasteiger charge is 2.29. The third-order valence-electron chi connectivity index (χ3n) is 6.21. The molecule has 7 N–H and O–H groups in total. The van der Waals surface area contributed by atoms with Crippen molar-refractivity contribution < 1.29 is 24.2 Å². The van der Waals surface area contributed by atoms with E-state index in [0.29, 0.717) is 38.8 Å². The van der Waals surface area contributed by atoms with Crippen LogP contribution in [0, 0.1) is 0 Å². The molecule has 9 nitrogen and oxygen atoms in total. The zero-order valence-electron chi connectivity index (χ0n) is 19.7. The van der Waals surface area contributed by atoms with Crippen LogP contribution in [-0.4, -0.2) is 54.9 Å². The van der Waals surface area contributed by atoms with Gasteiger partial charge in [-0.2, -0.15) is 0 Å². The Balaban J connectivity index is 1.44. The van der Waals surface area contributed by atoms with Gasteiger partial charge in [-0.05, 0) is 60.9 Å². The Labute approximate surface area is 205 Å². The first-order chi connectivity index (χ1) is 16.9. The maximum atomic E-state index is 12.4. The average Bonchev–Trinajstić information content (AvgIpc) is 3.18. The van der Waals surface area contributed by atoms with Crippen molar-refractivity contribution in [1.82, 2.24) is 10.6 Å². The summed E-state index contributed by atoms with van der Waals surface area (Å²) in [6.07, 6.45) is 1.71. The molecule has 0 spiro atoms. The summed E-state index contributed by atoms with van der Waals surface area (Å²) >= 11 is 0. The van der Waals surface area contributed by atoms with Crippen LogP contribution in [0.4, 0.5) is 4.79 Å². The lowest BCUT2D eigenvalue weighted by atomic mass is 9.98. The van der Waals surface area contributed by atoms with Crippen LogP contribution >= 0.6 is 0 Å². The lowest BCUT2D eigenvalue weighted by molar-refractivity contribution is -0.139. The fourth-order valence-corrected chi connectivity index (χ4v) is 4.32. The maximum Gasteiger partial charge on any atom is 0.407 e. The van der Waals surface area contributed by atoms with Crippen molar-refractivity contribution in [3.05, 3.63) is 59.7 Å². The molecule has 2 amide bonds. The molecular formula is C26H34N4O5. The van der Waals surface area contributed by atoms with Gasteiger partial charge in [-0.15, -0.1) is 0 Å². The maximum absolute atomic E-state index is 12.4. The van der Waals surface area contributed by atoms with Gasteiger partial charge in [-0.25, -0.2) is 9.59 Å². The van der Waals surface area contributed by atoms with Crippen molar-refractivity contribution in [2.24, 2.45) is 11.5 Å². The normalized spacial score (nSPS) is 13.9. The van der Waals surface area contributed by atoms with E-state index in [2.05, 4.69) is 10.6 Å². The monoisotopic (exact) mass is 482 g/mol. The third kappa shape index (κ3) is 7.03. The van der Waals surface area contributed by atoms with E-state index in [0.717, 1.165) is 22.3 Å². The Morgan fingerprint density at radius 1 is 0.943 bits per heavy atom. The Kier molecular flexibility index (Phi) is 9.63. The smallest absolute Gasteiger partial charge is 0.407 e. The summed E-state index contributed by atoms with van der Waals surface area (Å²) in [7, 11) is 0. The molecule has 1 aliphatic carbocycles. The summed E-state index contributed by atoms with van der Waals surface area (Å²) in [6.45, 7) is 0.976. The van der Waals surface area contributed by atoms with Gasteiger partial charge in [0.15, 0.2) is 0 Å². The van der Waals surface area contributed by atoms with E-state index in [9.17, 15) is 19.5 Å². The van der Waals surface area contributed by atoms with E-state index in [1.165, 1.54) is 0 Å². The molecule has 1 aliphatic rings. The fourth-order valence-electron chi connectivity index (χ4n) is 4.32. The number of carbonyl (C=O) groups is 3. The van der Waals surface area contributed by atoms with Crippen molar-refractivity contribution in [3.63, 3.8) is 0 Å². The van der Waals surface area contributed by atoms with Gasteiger partial charge in [0, 0.05) is 12.5 Å². The van der Waals surface area contributed by atoms with Crippen molar-refractivity contribution in [2.75, 3.05) is 19.7 Å². The molecule has 0 fully saturated rings. The van der Waals surface area contributed by atoms with Gasteiger partial charge in [0.25, 0.3) is 0 Å². The molecule has 2 aromatic carbocycles. The topological polar surface area (TPSA) is 157 Å². The first-order valence-corrected chi connectivity index (χ1v) is 12.0. The van der Waals surface area contributed by atoms with E-state index in [1.807, 2.05) is 48.5 Å². The number of fused-ring (bicyclic) bond motifs is 3. The van der Waals surface area contributed by atoms with Crippen LogP contribution in [0.5, 0.6) is 0 Å². The van der Waals surface area contributed by atoms with E-state index in [1.54, 1.807) is 0 Å². The number of rotatable bonds is 13. The number of nitrogens with one attached hydrogen (secondary N) is 2. The van der Waals surface area contributed by atoms with Crippen LogP contribution in [0.2, 0.25) is 0 Å². The van der Waals surface area contributed by atoms with E-state index in [4.69, 9.17) is 16.2 Å². The summed E-state index contributed by atoms with van der Waals surface area (Å²) in [5, 5.41) is 14.7. The molecule has 188 valence electrons. The molecule has 9 heteroatoms. The highest BCUT2D eigenvalue weighted by atomic mass is 16.5. The minimum absolute atomic E-state index is 0.101. The first-order valence-electron chi connectivity index (χ1n) is 12.0. The first kappa shape index (κ1) is 26.2. The van der Waals surface area contributed by atoms with Gasteiger partial charge in [0.2, 0.25) is 5.91 Å². The summed E-state index contributed by atoms with van der Waals surface area (Å²) in [4.78, 5) is 35.9. The number of aliphatic carboxylic acids is 1. The second kappa shape index (κ2) is 12.9. The van der Waals surface area contributed by atoms with E-state index < -0.39 is 24.1 Å². The largest absolute Gasteiger partial charge is 0.480 e. The molecule has 0 bridgehead atoms. The van der Waals surface area contributed by atoms with Crippen LogP contribution in [-0.2, 0) is 14.3 Å². The number of amides is 2. The Morgan fingerprint density at radius 2 is 1.57 bits per heavy atom. The highest BCUT2D eigenvalue weighted by Crippen LogP contribution is 2.44. The zero-order chi connectivity index (χ0) is 25.2. The number of carbonyl (C=O) groups excluding carboxylic acids is 2. The van der Waals surface area contributed by atoms with Crippen molar-refractivity contribution in [3.8, 4) is 11.1 Å². The van der Waals surface area contributed by atoms with Crippen LogP contribution in [0.25, 0.3) is 11.1 Å².